The fourth-order valence-electron chi connectivity index (χ4n) is 4.43. The Bertz CT molecular complexity index is 1050. The van der Waals surface area contributed by atoms with E-state index < -0.39 is 0 Å². The molecule has 162 valence electrons. The Morgan fingerprint density at radius 3 is 2.65 bits per heavy atom. The van der Waals surface area contributed by atoms with E-state index in [0.29, 0.717) is 6.54 Å². The molecular formula is C25H31N5O. The van der Waals surface area contributed by atoms with Gasteiger partial charge in [-0.15, -0.1) is 0 Å². The van der Waals surface area contributed by atoms with Crippen LogP contribution in [0.3, 0.4) is 0 Å². The highest BCUT2D eigenvalue weighted by molar-refractivity contribution is 6.26. The van der Waals surface area contributed by atoms with Gasteiger partial charge in [0.1, 0.15) is 5.82 Å². The Morgan fingerprint density at radius 2 is 1.87 bits per heavy atom. The number of amides is 1. The van der Waals surface area contributed by atoms with Crippen molar-refractivity contribution in [3.05, 3.63) is 60.3 Å². The molecule has 0 saturated heterocycles. The molecule has 4 rings (SSSR count). The minimum absolute atomic E-state index is 0.0787. The van der Waals surface area contributed by atoms with Crippen molar-refractivity contribution in [1.29, 1.82) is 0 Å². The number of nitrogens with zero attached hydrogens (tertiary/aromatic N) is 3. The molecule has 31 heavy (non-hydrogen) atoms. The molecule has 4 N–H and O–H groups in total. The number of aromatic nitrogens is 1. The molecule has 1 atom stereocenters. The van der Waals surface area contributed by atoms with Gasteiger partial charge in [0.2, 0.25) is 0 Å². The molecule has 0 spiro atoms. The first-order valence-corrected chi connectivity index (χ1v) is 11.1. The van der Waals surface area contributed by atoms with Crippen LogP contribution in [0.25, 0.3) is 10.8 Å². The van der Waals surface area contributed by atoms with Crippen LogP contribution in [0.5, 0.6) is 0 Å². The topological polar surface area (TPSA) is 88.5 Å². The molecule has 3 aromatic rings. The van der Waals surface area contributed by atoms with Gasteiger partial charge in [-0.05, 0) is 62.6 Å². The number of benzene rings is 2. The number of nitrogens with two attached hydrogens (primary N) is 2. The third-order valence-electron chi connectivity index (χ3n) is 6.10. The van der Waals surface area contributed by atoms with E-state index in [2.05, 4.69) is 28.1 Å². The highest BCUT2D eigenvalue weighted by Gasteiger charge is 2.30. The number of unbranched alkanes of at least 4 members (excludes halogenated alkanes) is 1. The summed E-state index contributed by atoms with van der Waals surface area (Å²) in [6.45, 7) is 1.40. The van der Waals surface area contributed by atoms with Gasteiger partial charge >= 0.3 is 0 Å². The minimum atomic E-state index is 0.0787. The summed E-state index contributed by atoms with van der Waals surface area (Å²) in [6.07, 6.45) is 6.67. The lowest BCUT2D eigenvalue weighted by molar-refractivity contribution is 0.0992. The normalized spacial score (nSPS) is 13.8. The van der Waals surface area contributed by atoms with E-state index in [9.17, 15) is 4.79 Å². The maximum absolute atomic E-state index is 13.2. The van der Waals surface area contributed by atoms with Crippen LogP contribution in [-0.2, 0) is 0 Å². The predicted octanol–water partition coefficient (Wildman–Crippen LogP) is 4.20. The summed E-state index contributed by atoms with van der Waals surface area (Å²) < 4.78 is 0. The van der Waals surface area contributed by atoms with Crippen molar-refractivity contribution in [1.82, 2.24) is 4.98 Å². The van der Waals surface area contributed by atoms with E-state index in [1.807, 2.05) is 42.3 Å². The van der Waals surface area contributed by atoms with Crippen LogP contribution < -0.4 is 21.3 Å². The standard InChI is InChI=1S/C25H31N5O/c1-29(23-12-3-5-16-28-23)21-13-14-22-24-19(21)10-6-11-20(24)25(31)30(22)17-7-9-18(27)8-2-4-15-26/h3,5-6,10-14,16,18H,2,4,7-9,15,17,26-27H2,1H3. The van der Waals surface area contributed by atoms with Crippen molar-refractivity contribution in [3.8, 4) is 0 Å². The molecule has 2 heterocycles. The molecule has 0 radical (unpaired) electrons. The zero-order chi connectivity index (χ0) is 21.8. The first-order valence-electron chi connectivity index (χ1n) is 11.1. The number of carbonyl (C=O) groups is 1. The lowest BCUT2D eigenvalue weighted by Crippen LogP contribution is -2.29. The maximum Gasteiger partial charge on any atom is 0.258 e. The van der Waals surface area contributed by atoms with Crippen LogP contribution in [0.2, 0.25) is 0 Å². The Labute approximate surface area is 183 Å². The molecule has 0 bridgehead atoms. The average Bonchev–Trinajstić information content (AvgIpc) is 3.07. The van der Waals surface area contributed by atoms with Gasteiger partial charge in [0.15, 0.2) is 0 Å². The number of anilines is 3. The van der Waals surface area contributed by atoms with Crippen LogP contribution in [0.1, 0.15) is 42.5 Å². The summed E-state index contributed by atoms with van der Waals surface area (Å²) in [7, 11) is 2.01. The molecule has 0 aliphatic carbocycles. The molecule has 6 heteroatoms. The maximum atomic E-state index is 13.2. The zero-order valence-electron chi connectivity index (χ0n) is 18.1. The smallest absolute Gasteiger partial charge is 0.258 e. The largest absolute Gasteiger partial charge is 0.330 e. The molecule has 0 fully saturated rings. The number of pyridine rings is 1. The second kappa shape index (κ2) is 9.45. The molecule has 1 aliphatic rings. The van der Waals surface area contributed by atoms with Crippen LogP contribution in [-0.4, -0.2) is 37.1 Å². The van der Waals surface area contributed by atoms with Crippen LogP contribution >= 0.6 is 0 Å². The number of hydrogen-bond acceptors (Lipinski definition) is 5. The van der Waals surface area contributed by atoms with E-state index in [0.717, 1.165) is 72.2 Å². The van der Waals surface area contributed by atoms with Gasteiger partial charge in [0.05, 0.1) is 11.4 Å². The lowest BCUT2D eigenvalue weighted by atomic mass is 10.0. The van der Waals surface area contributed by atoms with E-state index in [1.54, 1.807) is 6.20 Å². The Morgan fingerprint density at radius 1 is 1.03 bits per heavy atom. The van der Waals surface area contributed by atoms with Gasteiger partial charge in [0.25, 0.3) is 5.91 Å². The van der Waals surface area contributed by atoms with Gasteiger partial charge in [-0.1, -0.05) is 24.6 Å². The summed E-state index contributed by atoms with van der Waals surface area (Å²) >= 11 is 0. The summed E-state index contributed by atoms with van der Waals surface area (Å²) in [5.41, 5.74) is 14.6. The monoisotopic (exact) mass is 417 g/mol. The Hall–Kier alpha value is -2.96. The second-order valence-corrected chi connectivity index (χ2v) is 8.22. The fourth-order valence-corrected chi connectivity index (χ4v) is 4.43. The Kier molecular flexibility index (Phi) is 6.49. The van der Waals surface area contributed by atoms with Crippen LogP contribution in [0.15, 0.2) is 54.7 Å². The van der Waals surface area contributed by atoms with Gasteiger partial charge in [-0.2, -0.15) is 0 Å². The highest BCUT2D eigenvalue weighted by atomic mass is 16.2. The molecule has 1 unspecified atom stereocenters. The number of hydrogen-bond donors (Lipinski definition) is 2. The van der Waals surface area contributed by atoms with Crippen molar-refractivity contribution in [3.63, 3.8) is 0 Å². The second-order valence-electron chi connectivity index (χ2n) is 8.22. The van der Waals surface area contributed by atoms with Gasteiger partial charge in [-0.3, -0.25) is 4.79 Å². The van der Waals surface area contributed by atoms with E-state index >= 15 is 0 Å². The van der Waals surface area contributed by atoms with Crippen LogP contribution in [0, 0.1) is 0 Å². The van der Waals surface area contributed by atoms with E-state index in [1.165, 1.54) is 0 Å². The summed E-state index contributed by atoms with van der Waals surface area (Å²) in [6, 6.07) is 16.2. The lowest BCUT2D eigenvalue weighted by Gasteiger charge is -2.22. The van der Waals surface area contributed by atoms with Gasteiger partial charge < -0.3 is 21.3 Å². The molecular weight excluding hydrogens is 386 g/mol. The fraction of sp³-hybridized carbons (Fsp3) is 0.360. The predicted molar refractivity (Wildman–Crippen MR) is 128 cm³/mol. The molecule has 1 aromatic heterocycles. The first-order chi connectivity index (χ1) is 15.1. The summed E-state index contributed by atoms with van der Waals surface area (Å²) in [5.74, 6) is 0.947. The third-order valence-corrected chi connectivity index (χ3v) is 6.10. The zero-order valence-corrected chi connectivity index (χ0v) is 18.1. The highest BCUT2D eigenvalue weighted by Crippen LogP contribution is 2.42. The number of rotatable bonds is 10. The van der Waals surface area contributed by atoms with Crippen molar-refractivity contribution in [2.75, 3.05) is 29.9 Å². The van der Waals surface area contributed by atoms with Gasteiger partial charge in [0, 0.05) is 42.2 Å². The van der Waals surface area contributed by atoms with Gasteiger partial charge in [-0.25, -0.2) is 4.98 Å². The molecule has 0 saturated carbocycles. The van der Waals surface area contributed by atoms with Crippen molar-refractivity contribution in [2.24, 2.45) is 11.5 Å². The molecule has 2 aromatic carbocycles. The molecule has 1 aliphatic heterocycles. The van der Waals surface area contributed by atoms with E-state index in [4.69, 9.17) is 11.5 Å². The SMILES string of the molecule is CN(c1ccccn1)c1ccc2c3c(cccc13)C(=O)N2CCCC(N)CCCCN. The molecule has 6 nitrogen and oxygen atoms in total. The van der Waals surface area contributed by atoms with Crippen molar-refractivity contribution in [2.45, 2.75) is 38.1 Å². The third kappa shape index (κ3) is 4.27. The quantitative estimate of drug-likeness (QED) is 0.483. The average molecular weight is 418 g/mol. The van der Waals surface area contributed by atoms with Crippen LogP contribution in [0.4, 0.5) is 17.2 Å². The summed E-state index contributed by atoms with van der Waals surface area (Å²) in [4.78, 5) is 21.6. The first kappa shape index (κ1) is 21.3. The van der Waals surface area contributed by atoms with Crippen molar-refractivity contribution < 1.29 is 4.79 Å². The van der Waals surface area contributed by atoms with Crippen molar-refractivity contribution >= 4 is 33.9 Å². The number of carbonyl (C=O) groups excluding carboxylic acids is 1. The summed E-state index contributed by atoms with van der Waals surface area (Å²) in [5, 5.41) is 2.09. The Balaban J connectivity index is 1.55. The molecule has 1 amide bonds. The minimum Gasteiger partial charge on any atom is -0.330 e. The van der Waals surface area contributed by atoms with E-state index in [-0.39, 0.29) is 11.9 Å².